The summed E-state index contributed by atoms with van der Waals surface area (Å²) in [7, 11) is 1.44. The molecule has 84 valence electrons. The second-order valence-corrected chi connectivity index (χ2v) is 2.99. The van der Waals surface area contributed by atoms with E-state index in [4.69, 9.17) is 14.7 Å². The van der Waals surface area contributed by atoms with Crippen molar-refractivity contribution in [2.45, 2.75) is 13.3 Å². The van der Waals surface area contributed by atoms with Crippen molar-refractivity contribution >= 4 is 5.97 Å². The zero-order chi connectivity index (χ0) is 12.0. The van der Waals surface area contributed by atoms with Gasteiger partial charge in [-0.25, -0.2) is 4.98 Å². The van der Waals surface area contributed by atoms with Crippen LogP contribution in [0.1, 0.15) is 18.1 Å². The van der Waals surface area contributed by atoms with E-state index >= 15 is 0 Å². The number of nitriles is 1. The van der Waals surface area contributed by atoms with Gasteiger partial charge in [-0.3, -0.25) is 4.79 Å². The second-order valence-electron chi connectivity index (χ2n) is 2.99. The molecule has 0 radical (unpaired) electrons. The molecule has 0 bridgehead atoms. The summed E-state index contributed by atoms with van der Waals surface area (Å²) in [6.07, 6.45) is 1.61. The SMILES string of the molecule is CCOC(=O)Cc1cnc(OC)c(C#N)c1. The molecule has 0 saturated heterocycles. The Labute approximate surface area is 93.6 Å². The summed E-state index contributed by atoms with van der Waals surface area (Å²) in [4.78, 5) is 15.1. The minimum atomic E-state index is -0.335. The molecule has 0 aliphatic heterocycles. The third kappa shape index (κ3) is 2.95. The van der Waals surface area contributed by atoms with Crippen molar-refractivity contribution in [3.05, 3.63) is 23.4 Å². The zero-order valence-electron chi connectivity index (χ0n) is 9.19. The summed E-state index contributed by atoms with van der Waals surface area (Å²) < 4.78 is 9.69. The molecule has 1 heterocycles. The van der Waals surface area contributed by atoms with Crippen LogP contribution in [0.15, 0.2) is 12.3 Å². The third-order valence-electron chi connectivity index (χ3n) is 1.88. The van der Waals surface area contributed by atoms with Gasteiger partial charge in [-0.05, 0) is 18.6 Å². The van der Waals surface area contributed by atoms with Crippen LogP contribution in [0.25, 0.3) is 0 Å². The number of carbonyl (C=O) groups is 1. The van der Waals surface area contributed by atoms with Gasteiger partial charge in [-0.1, -0.05) is 0 Å². The van der Waals surface area contributed by atoms with Crippen LogP contribution in [0.5, 0.6) is 5.88 Å². The van der Waals surface area contributed by atoms with Gasteiger partial charge in [0.25, 0.3) is 0 Å². The Kier molecular flexibility index (Phi) is 4.28. The molecule has 1 rings (SSSR count). The number of esters is 1. The molecule has 0 aliphatic rings. The lowest BCUT2D eigenvalue weighted by Crippen LogP contribution is -2.08. The maximum Gasteiger partial charge on any atom is 0.310 e. The van der Waals surface area contributed by atoms with E-state index in [1.165, 1.54) is 13.3 Å². The minimum Gasteiger partial charge on any atom is -0.480 e. The van der Waals surface area contributed by atoms with Gasteiger partial charge in [-0.2, -0.15) is 5.26 Å². The molecule has 0 aromatic carbocycles. The molecule has 0 unspecified atom stereocenters. The minimum absolute atomic E-state index is 0.111. The van der Waals surface area contributed by atoms with Gasteiger partial charge >= 0.3 is 5.97 Å². The van der Waals surface area contributed by atoms with E-state index in [9.17, 15) is 4.79 Å². The molecule has 0 spiro atoms. The topological polar surface area (TPSA) is 72.2 Å². The lowest BCUT2D eigenvalue weighted by molar-refractivity contribution is -0.142. The van der Waals surface area contributed by atoms with E-state index in [2.05, 4.69) is 4.98 Å². The van der Waals surface area contributed by atoms with Crippen molar-refractivity contribution in [2.75, 3.05) is 13.7 Å². The van der Waals surface area contributed by atoms with Gasteiger partial charge in [0, 0.05) is 6.20 Å². The number of hydrogen-bond donors (Lipinski definition) is 0. The molecule has 0 fully saturated rings. The number of ether oxygens (including phenoxy) is 2. The van der Waals surface area contributed by atoms with Crippen molar-refractivity contribution in [1.29, 1.82) is 5.26 Å². The Balaban J connectivity index is 2.84. The molecular weight excluding hydrogens is 208 g/mol. The van der Waals surface area contributed by atoms with E-state index in [-0.39, 0.29) is 18.3 Å². The number of methoxy groups -OCH3 is 1. The number of carbonyl (C=O) groups excluding carboxylic acids is 1. The normalized spacial score (nSPS) is 9.31. The summed E-state index contributed by atoms with van der Waals surface area (Å²) in [5.74, 6) is -0.0755. The molecular formula is C11H12N2O3. The molecule has 1 aromatic rings. The fourth-order valence-electron chi connectivity index (χ4n) is 1.21. The first kappa shape index (κ1) is 12.0. The number of nitrogens with zero attached hydrogens (tertiary/aromatic N) is 2. The number of hydrogen-bond acceptors (Lipinski definition) is 5. The highest BCUT2D eigenvalue weighted by atomic mass is 16.5. The maximum absolute atomic E-state index is 11.2. The Morgan fingerprint density at radius 1 is 1.62 bits per heavy atom. The Morgan fingerprint density at radius 3 is 2.94 bits per heavy atom. The monoisotopic (exact) mass is 220 g/mol. The summed E-state index contributed by atoms with van der Waals surface area (Å²) >= 11 is 0. The predicted octanol–water partition coefficient (Wildman–Crippen LogP) is 1.07. The Bertz CT molecular complexity index is 424. The average Bonchev–Trinajstić information content (AvgIpc) is 2.29. The molecule has 0 aliphatic carbocycles. The van der Waals surface area contributed by atoms with E-state index in [0.29, 0.717) is 17.7 Å². The van der Waals surface area contributed by atoms with Crippen molar-refractivity contribution in [2.24, 2.45) is 0 Å². The standard InChI is InChI=1S/C11H12N2O3/c1-3-16-10(14)5-8-4-9(6-12)11(15-2)13-7-8/h4,7H,3,5H2,1-2H3. The number of aromatic nitrogens is 1. The van der Waals surface area contributed by atoms with Crippen LogP contribution in [0.2, 0.25) is 0 Å². The fourth-order valence-corrected chi connectivity index (χ4v) is 1.21. The van der Waals surface area contributed by atoms with Gasteiger partial charge in [0.2, 0.25) is 5.88 Å². The average molecular weight is 220 g/mol. The molecule has 0 atom stereocenters. The van der Waals surface area contributed by atoms with Crippen LogP contribution in [0.4, 0.5) is 0 Å². The van der Waals surface area contributed by atoms with Crippen LogP contribution in [-0.2, 0) is 16.0 Å². The van der Waals surface area contributed by atoms with Crippen LogP contribution in [0, 0.1) is 11.3 Å². The van der Waals surface area contributed by atoms with Gasteiger partial charge in [-0.15, -0.1) is 0 Å². The van der Waals surface area contributed by atoms with Crippen molar-refractivity contribution < 1.29 is 14.3 Å². The molecule has 0 saturated carbocycles. The van der Waals surface area contributed by atoms with Crippen molar-refractivity contribution in [3.63, 3.8) is 0 Å². The van der Waals surface area contributed by atoms with Crippen LogP contribution < -0.4 is 4.74 Å². The Morgan fingerprint density at radius 2 is 2.38 bits per heavy atom. The molecule has 0 N–H and O–H groups in total. The van der Waals surface area contributed by atoms with Gasteiger partial charge in [0.15, 0.2) is 0 Å². The number of rotatable bonds is 4. The Hall–Kier alpha value is -2.09. The largest absolute Gasteiger partial charge is 0.480 e. The van der Waals surface area contributed by atoms with E-state index in [0.717, 1.165) is 0 Å². The van der Waals surface area contributed by atoms with Gasteiger partial charge < -0.3 is 9.47 Å². The fraction of sp³-hybridized carbons (Fsp3) is 0.364. The first-order valence-corrected chi connectivity index (χ1v) is 4.79. The van der Waals surface area contributed by atoms with Gasteiger partial charge in [0.1, 0.15) is 11.6 Å². The summed E-state index contributed by atoms with van der Waals surface area (Å²) in [6.45, 7) is 2.08. The summed E-state index contributed by atoms with van der Waals surface area (Å²) in [6, 6.07) is 3.52. The number of pyridine rings is 1. The van der Waals surface area contributed by atoms with Crippen molar-refractivity contribution in [1.82, 2.24) is 4.98 Å². The predicted molar refractivity (Wildman–Crippen MR) is 55.8 cm³/mol. The first-order chi connectivity index (χ1) is 7.71. The highest BCUT2D eigenvalue weighted by Gasteiger charge is 2.09. The molecule has 0 amide bonds. The maximum atomic E-state index is 11.2. The molecule has 5 heteroatoms. The molecule has 16 heavy (non-hydrogen) atoms. The van der Waals surface area contributed by atoms with Crippen LogP contribution in [0.3, 0.4) is 0 Å². The third-order valence-corrected chi connectivity index (χ3v) is 1.88. The van der Waals surface area contributed by atoms with Gasteiger partial charge in [0.05, 0.1) is 20.1 Å². The molecule has 1 aromatic heterocycles. The smallest absolute Gasteiger partial charge is 0.310 e. The highest BCUT2D eigenvalue weighted by Crippen LogP contribution is 2.15. The summed E-state index contributed by atoms with van der Waals surface area (Å²) in [5, 5.41) is 8.83. The zero-order valence-corrected chi connectivity index (χ0v) is 9.19. The van der Waals surface area contributed by atoms with Crippen LogP contribution >= 0.6 is 0 Å². The quantitative estimate of drug-likeness (QED) is 0.709. The van der Waals surface area contributed by atoms with E-state index in [1.54, 1.807) is 13.0 Å². The lowest BCUT2D eigenvalue weighted by atomic mass is 10.1. The first-order valence-electron chi connectivity index (χ1n) is 4.79. The summed E-state index contributed by atoms with van der Waals surface area (Å²) in [5.41, 5.74) is 0.945. The molecule has 5 nitrogen and oxygen atoms in total. The van der Waals surface area contributed by atoms with E-state index in [1.807, 2.05) is 6.07 Å². The highest BCUT2D eigenvalue weighted by molar-refractivity contribution is 5.72. The lowest BCUT2D eigenvalue weighted by Gasteiger charge is -2.04. The van der Waals surface area contributed by atoms with Crippen molar-refractivity contribution in [3.8, 4) is 11.9 Å². The van der Waals surface area contributed by atoms with Crippen LogP contribution in [-0.4, -0.2) is 24.7 Å². The second kappa shape index (κ2) is 5.71. The van der Waals surface area contributed by atoms with E-state index < -0.39 is 0 Å².